The summed E-state index contributed by atoms with van der Waals surface area (Å²) >= 11 is 0. The van der Waals surface area contributed by atoms with E-state index < -0.39 is 0 Å². The highest BCUT2D eigenvalue weighted by Crippen LogP contribution is 2.37. The molecule has 5 heteroatoms. The van der Waals surface area contributed by atoms with Gasteiger partial charge in [0.1, 0.15) is 11.5 Å². The minimum Gasteiger partial charge on any atom is -0.337 e. The van der Waals surface area contributed by atoms with Gasteiger partial charge in [-0.2, -0.15) is 0 Å². The van der Waals surface area contributed by atoms with Crippen molar-refractivity contribution < 1.29 is 14.0 Å². The van der Waals surface area contributed by atoms with Gasteiger partial charge in [-0.05, 0) is 49.6 Å². The van der Waals surface area contributed by atoms with E-state index in [-0.39, 0.29) is 23.7 Å². The molecule has 1 aliphatic carbocycles. The molecule has 0 aromatic heterocycles. The van der Waals surface area contributed by atoms with E-state index in [4.69, 9.17) is 0 Å². The number of likely N-dealkylation sites (N-methyl/N-ethyl adjacent to an activating group) is 1. The van der Waals surface area contributed by atoms with Crippen molar-refractivity contribution in [2.24, 2.45) is 0 Å². The third-order valence-corrected chi connectivity index (χ3v) is 5.82. The summed E-state index contributed by atoms with van der Waals surface area (Å²) in [6, 6.07) is 15.4. The van der Waals surface area contributed by atoms with Gasteiger partial charge >= 0.3 is 0 Å². The van der Waals surface area contributed by atoms with E-state index in [1.165, 1.54) is 17.0 Å². The van der Waals surface area contributed by atoms with Crippen LogP contribution in [0.4, 0.5) is 10.1 Å². The number of benzene rings is 2. The van der Waals surface area contributed by atoms with Gasteiger partial charge in [0, 0.05) is 18.3 Å². The molecule has 1 aliphatic heterocycles. The molecule has 0 radical (unpaired) electrons. The highest BCUT2D eigenvalue weighted by Gasteiger charge is 2.44. The van der Waals surface area contributed by atoms with Crippen LogP contribution in [0, 0.1) is 5.82 Å². The molecule has 2 aliphatic rings. The largest absolute Gasteiger partial charge is 0.337 e. The summed E-state index contributed by atoms with van der Waals surface area (Å²) in [5.41, 5.74) is 2.19. The summed E-state index contributed by atoms with van der Waals surface area (Å²) in [5.74, 6) is -0.878. The number of imide groups is 1. The Bertz CT molecular complexity index is 931. The first-order valence-corrected chi connectivity index (χ1v) is 10.3. The van der Waals surface area contributed by atoms with E-state index in [9.17, 15) is 14.0 Å². The smallest absolute Gasteiger partial charge is 0.278 e. The van der Waals surface area contributed by atoms with Crippen LogP contribution >= 0.6 is 0 Å². The molecule has 29 heavy (non-hydrogen) atoms. The van der Waals surface area contributed by atoms with Crippen molar-refractivity contribution in [3.8, 4) is 0 Å². The Hall–Kier alpha value is -2.95. The lowest BCUT2D eigenvalue weighted by Crippen LogP contribution is -2.43. The molecule has 1 heterocycles. The Morgan fingerprint density at radius 3 is 2.21 bits per heavy atom. The zero-order valence-corrected chi connectivity index (χ0v) is 16.6. The molecule has 2 amide bonds. The van der Waals surface area contributed by atoms with Crippen molar-refractivity contribution >= 4 is 23.1 Å². The van der Waals surface area contributed by atoms with Crippen LogP contribution in [0.5, 0.6) is 0 Å². The molecule has 4 rings (SSSR count). The monoisotopic (exact) mass is 392 g/mol. The standard InChI is InChI=1S/C24H25FN2O2/c1-2-26(19-9-5-3-6-10-19)22-21(17-13-15-18(25)16-14-17)23(28)27(24(22)29)20-11-7-4-8-12-20/h3,5-6,9-10,13-16,20H,2,4,7-8,11-12H2,1H3. The summed E-state index contributed by atoms with van der Waals surface area (Å²) in [7, 11) is 0. The van der Waals surface area contributed by atoms with Gasteiger partial charge in [-0.15, -0.1) is 0 Å². The predicted molar refractivity (Wildman–Crippen MR) is 112 cm³/mol. The number of para-hydroxylation sites is 1. The second kappa shape index (κ2) is 8.19. The molecular formula is C24H25FN2O2. The minimum absolute atomic E-state index is 0.0637. The fourth-order valence-corrected chi connectivity index (χ4v) is 4.41. The first-order valence-electron chi connectivity index (χ1n) is 10.3. The average molecular weight is 392 g/mol. The molecule has 0 saturated heterocycles. The van der Waals surface area contributed by atoms with Crippen molar-refractivity contribution in [3.63, 3.8) is 0 Å². The molecule has 0 N–H and O–H groups in total. The van der Waals surface area contributed by atoms with Gasteiger partial charge < -0.3 is 4.90 Å². The average Bonchev–Trinajstić information content (AvgIpc) is 3.01. The van der Waals surface area contributed by atoms with Crippen LogP contribution in [0.3, 0.4) is 0 Å². The van der Waals surface area contributed by atoms with Crippen LogP contribution < -0.4 is 4.90 Å². The van der Waals surface area contributed by atoms with Crippen LogP contribution in [-0.2, 0) is 9.59 Å². The molecule has 0 unspecified atom stereocenters. The fourth-order valence-electron chi connectivity index (χ4n) is 4.41. The Morgan fingerprint density at radius 1 is 0.931 bits per heavy atom. The van der Waals surface area contributed by atoms with Gasteiger partial charge in [0.15, 0.2) is 0 Å². The molecule has 1 fully saturated rings. The number of carbonyl (C=O) groups excluding carboxylic acids is 2. The van der Waals surface area contributed by atoms with Crippen molar-refractivity contribution in [2.45, 2.75) is 45.1 Å². The number of hydrogen-bond donors (Lipinski definition) is 0. The van der Waals surface area contributed by atoms with E-state index in [1.807, 2.05) is 42.2 Å². The molecule has 4 nitrogen and oxygen atoms in total. The maximum absolute atomic E-state index is 13.6. The second-order valence-electron chi connectivity index (χ2n) is 7.58. The van der Waals surface area contributed by atoms with Gasteiger partial charge in [0.05, 0.1) is 5.57 Å². The van der Waals surface area contributed by atoms with Crippen molar-refractivity contribution in [2.75, 3.05) is 11.4 Å². The summed E-state index contributed by atoms with van der Waals surface area (Å²) in [6.45, 7) is 2.50. The van der Waals surface area contributed by atoms with Gasteiger partial charge in [-0.25, -0.2) is 4.39 Å². The maximum atomic E-state index is 13.6. The second-order valence-corrected chi connectivity index (χ2v) is 7.58. The molecule has 1 saturated carbocycles. The summed E-state index contributed by atoms with van der Waals surface area (Å²) < 4.78 is 13.5. The van der Waals surface area contributed by atoms with Crippen molar-refractivity contribution in [3.05, 3.63) is 71.7 Å². The molecule has 150 valence electrons. The third kappa shape index (κ3) is 3.57. The minimum atomic E-state index is -0.368. The molecule has 2 aromatic rings. The first-order chi connectivity index (χ1) is 14.1. The number of carbonyl (C=O) groups is 2. The molecular weight excluding hydrogens is 367 g/mol. The van der Waals surface area contributed by atoms with Crippen LogP contribution in [-0.4, -0.2) is 29.3 Å². The normalized spacial score (nSPS) is 17.9. The number of nitrogens with zero attached hydrogens (tertiary/aromatic N) is 2. The Balaban J connectivity index is 1.83. The first kappa shape index (κ1) is 19.4. The molecule has 2 aromatic carbocycles. The van der Waals surface area contributed by atoms with Crippen molar-refractivity contribution in [1.82, 2.24) is 4.90 Å². The summed E-state index contributed by atoms with van der Waals surface area (Å²) in [6.07, 6.45) is 4.89. The zero-order valence-electron chi connectivity index (χ0n) is 16.6. The highest BCUT2D eigenvalue weighted by molar-refractivity contribution is 6.36. The third-order valence-electron chi connectivity index (χ3n) is 5.82. The number of rotatable bonds is 5. The number of amides is 2. The summed E-state index contributed by atoms with van der Waals surface area (Å²) in [5, 5.41) is 0. The van der Waals surface area contributed by atoms with Crippen LogP contribution in [0.25, 0.3) is 5.57 Å². The quantitative estimate of drug-likeness (QED) is 0.689. The Labute approximate surface area is 170 Å². The van der Waals surface area contributed by atoms with Crippen LogP contribution in [0.15, 0.2) is 60.3 Å². The van der Waals surface area contributed by atoms with Gasteiger partial charge in [-0.1, -0.05) is 49.6 Å². The molecule has 0 bridgehead atoms. The SMILES string of the molecule is CCN(C1=C(c2ccc(F)cc2)C(=O)N(C2CCCCC2)C1=O)c1ccccc1. The lowest BCUT2D eigenvalue weighted by Gasteiger charge is -2.31. The van der Waals surface area contributed by atoms with E-state index in [0.29, 0.717) is 23.4 Å². The van der Waals surface area contributed by atoms with Gasteiger partial charge in [0.2, 0.25) is 0 Å². The maximum Gasteiger partial charge on any atom is 0.278 e. The number of anilines is 1. The van der Waals surface area contributed by atoms with Crippen molar-refractivity contribution in [1.29, 1.82) is 0 Å². The Morgan fingerprint density at radius 2 is 1.59 bits per heavy atom. The van der Waals surface area contributed by atoms with Crippen LogP contribution in [0.2, 0.25) is 0 Å². The number of halogens is 1. The number of hydrogen-bond acceptors (Lipinski definition) is 3. The molecule has 0 atom stereocenters. The fraction of sp³-hybridized carbons (Fsp3) is 0.333. The van der Waals surface area contributed by atoms with Gasteiger partial charge in [-0.3, -0.25) is 14.5 Å². The summed E-state index contributed by atoms with van der Waals surface area (Å²) in [4.78, 5) is 30.4. The lowest BCUT2D eigenvalue weighted by molar-refractivity contribution is -0.140. The molecule has 0 spiro atoms. The van der Waals surface area contributed by atoms with E-state index >= 15 is 0 Å². The van der Waals surface area contributed by atoms with E-state index in [2.05, 4.69) is 0 Å². The lowest BCUT2D eigenvalue weighted by atomic mass is 9.94. The Kier molecular flexibility index (Phi) is 5.47. The predicted octanol–water partition coefficient (Wildman–Crippen LogP) is 4.76. The van der Waals surface area contributed by atoms with E-state index in [0.717, 1.165) is 37.8 Å². The zero-order chi connectivity index (χ0) is 20.4. The van der Waals surface area contributed by atoms with E-state index in [1.54, 1.807) is 12.1 Å². The topological polar surface area (TPSA) is 40.6 Å². The van der Waals surface area contributed by atoms with Crippen LogP contribution in [0.1, 0.15) is 44.6 Å². The van der Waals surface area contributed by atoms with Gasteiger partial charge in [0.25, 0.3) is 11.8 Å². The highest BCUT2D eigenvalue weighted by atomic mass is 19.1.